The van der Waals surface area contributed by atoms with Crippen LogP contribution < -0.4 is 5.32 Å². The van der Waals surface area contributed by atoms with E-state index in [4.69, 9.17) is 4.74 Å². The maximum absolute atomic E-state index is 12.1. The lowest BCUT2D eigenvalue weighted by atomic mass is 10.3. The van der Waals surface area contributed by atoms with Crippen LogP contribution in [0.1, 0.15) is 30.1 Å². The number of carbonyl (C=O) groups is 2. The van der Waals surface area contributed by atoms with Crippen LogP contribution in [-0.2, 0) is 9.53 Å². The molecule has 0 spiro atoms. The van der Waals surface area contributed by atoms with Crippen molar-refractivity contribution < 1.29 is 14.3 Å². The minimum absolute atomic E-state index is 0.0363. The highest BCUT2D eigenvalue weighted by molar-refractivity contribution is 6.01. The normalized spacial score (nSPS) is 13.7. The van der Waals surface area contributed by atoms with Gasteiger partial charge in [0.2, 0.25) is 5.91 Å². The number of hydrogen-bond acceptors (Lipinski definition) is 4. The Bertz CT molecular complexity index is 690. The van der Waals surface area contributed by atoms with Crippen LogP contribution in [0.2, 0.25) is 0 Å². The lowest BCUT2D eigenvalue weighted by Gasteiger charge is -2.10. The van der Waals surface area contributed by atoms with Crippen LogP contribution in [0.3, 0.4) is 0 Å². The summed E-state index contributed by atoms with van der Waals surface area (Å²) in [7, 11) is 0. The third-order valence-corrected chi connectivity index (χ3v) is 3.46. The Balaban J connectivity index is 1.98. The van der Waals surface area contributed by atoms with Gasteiger partial charge < -0.3 is 10.1 Å². The highest BCUT2D eigenvalue weighted by atomic mass is 16.5. The van der Waals surface area contributed by atoms with E-state index < -0.39 is 5.97 Å². The highest BCUT2D eigenvalue weighted by Crippen LogP contribution is 2.31. The van der Waals surface area contributed by atoms with Gasteiger partial charge in [0, 0.05) is 5.92 Å². The number of aromatic nitrogens is 2. The van der Waals surface area contributed by atoms with Crippen LogP contribution in [-0.4, -0.2) is 28.3 Å². The molecule has 1 aromatic carbocycles. The molecule has 0 radical (unpaired) electrons. The number of para-hydroxylation sites is 1. The van der Waals surface area contributed by atoms with E-state index in [9.17, 15) is 9.59 Å². The number of amides is 1. The molecule has 0 atom stereocenters. The van der Waals surface area contributed by atoms with Gasteiger partial charge in [0.05, 0.1) is 18.5 Å². The van der Waals surface area contributed by atoms with E-state index in [1.165, 1.54) is 6.20 Å². The Morgan fingerprint density at radius 3 is 2.68 bits per heavy atom. The first-order valence-electron chi connectivity index (χ1n) is 7.32. The molecule has 114 valence electrons. The molecular weight excluding hydrogens is 282 g/mol. The van der Waals surface area contributed by atoms with Crippen LogP contribution in [0.4, 0.5) is 5.82 Å². The lowest BCUT2D eigenvalue weighted by Crippen LogP contribution is -2.19. The number of esters is 1. The van der Waals surface area contributed by atoms with Gasteiger partial charge in [-0.3, -0.25) is 4.79 Å². The second-order valence-electron chi connectivity index (χ2n) is 5.14. The largest absolute Gasteiger partial charge is 0.462 e. The molecule has 1 aliphatic carbocycles. The predicted octanol–water partition coefficient (Wildman–Crippen LogP) is 2.40. The number of nitrogens with zero attached hydrogens (tertiary/aromatic N) is 2. The van der Waals surface area contributed by atoms with Crippen LogP contribution >= 0.6 is 0 Å². The standard InChI is InChI=1S/C16H17N3O3/c1-2-22-16(21)13-10-17-19(12-6-4-3-5-7-12)14(13)18-15(20)11-8-9-11/h3-7,10-11H,2,8-9H2,1H3,(H,18,20). The van der Waals surface area contributed by atoms with Gasteiger partial charge in [-0.05, 0) is 31.9 Å². The minimum Gasteiger partial charge on any atom is -0.462 e. The lowest BCUT2D eigenvalue weighted by molar-refractivity contribution is -0.117. The molecule has 1 aliphatic rings. The molecule has 1 amide bonds. The Hall–Kier alpha value is -2.63. The first-order chi connectivity index (χ1) is 10.7. The van der Waals surface area contributed by atoms with Gasteiger partial charge in [0.25, 0.3) is 0 Å². The van der Waals surface area contributed by atoms with E-state index in [2.05, 4.69) is 10.4 Å². The molecule has 3 rings (SSSR count). The first kappa shape index (κ1) is 14.3. The summed E-state index contributed by atoms with van der Waals surface area (Å²) in [6, 6.07) is 9.34. The van der Waals surface area contributed by atoms with E-state index in [0.717, 1.165) is 18.5 Å². The SMILES string of the molecule is CCOC(=O)c1cnn(-c2ccccc2)c1NC(=O)C1CC1. The second kappa shape index (κ2) is 6.01. The number of ether oxygens (including phenoxy) is 1. The van der Waals surface area contributed by atoms with Gasteiger partial charge in [-0.2, -0.15) is 5.10 Å². The summed E-state index contributed by atoms with van der Waals surface area (Å²) in [4.78, 5) is 24.1. The van der Waals surface area contributed by atoms with Crippen molar-refractivity contribution in [1.29, 1.82) is 0 Å². The molecule has 0 saturated heterocycles. The number of nitrogens with one attached hydrogen (secondary N) is 1. The van der Waals surface area contributed by atoms with Gasteiger partial charge >= 0.3 is 5.97 Å². The van der Waals surface area contributed by atoms with Gasteiger partial charge in [-0.15, -0.1) is 0 Å². The van der Waals surface area contributed by atoms with Crippen molar-refractivity contribution in [1.82, 2.24) is 9.78 Å². The number of benzene rings is 1. The van der Waals surface area contributed by atoms with Crippen molar-refractivity contribution in [3.8, 4) is 5.69 Å². The van der Waals surface area contributed by atoms with Crippen LogP contribution in [0.5, 0.6) is 0 Å². The molecule has 1 fully saturated rings. The van der Waals surface area contributed by atoms with E-state index in [0.29, 0.717) is 5.82 Å². The molecule has 2 aromatic rings. The average Bonchev–Trinajstić information content (AvgIpc) is 3.30. The van der Waals surface area contributed by atoms with Gasteiger partial charge in [-0.25, -0.2) is 9.48 Å². The van der Waals surface area contributed by atoms with Crippen LogP contribution in [0, 0.1) is 5.92 Å². The maximum Gasteiger partial charge on any atom is 0.343 e. The zero-order valence-electron chi connectivity index (χ0n) is 12.3. The number of anilines is 1. The predicted molar refractivity (Wildman–Crippen MR) is 80.9 cm³/mol. The summed E-state index contributed by atoms with van der Waals surface area (Å²) in [6.45, 7) is 2.01. The zero-order valence-corrected chi connectivity index (χ0v) is 12.3. The molecule has 6 heteroatoms. The van der Waals surface area contributed by atoms with Gasteiger partial charge in [-0.1, -0.05) is 18.2 Å². The summed E-state index contributed by atoms with van der Waals surface area (Å²) in [5.41, 5.74) is 1.03. The van der Waals surface area contributed by atoms with E-state index in [1.807, 2.05) is 30.3 Å². The monoisotopic (exact) mass is 299 g/mol. The second-order valence-corrected chi connectivity index (χ2v) is 5.14. The summed E-state index contributed by atoms with van der Waals surface area (Å²) >= 11 is 0. The van der Waals surface area contributed by atoms with Crippen molar-refractivity contribution in [2.24, 2.45) is 5.92 Å². The number of carbonyl (C=O) groups excluding carboxylic acids is 2. The summed E-state index contributed by atoms with van der Waals surface area (Å²) < 4.78 is 6.58. The molecule has 0 unspecified atom stereocenters. The van der Waals surface area contributed by atoms with E-state index in [-0.39, 0.29) is 24.0 Å². The van der Waals surface area contributed by atoms with E-state index in [1.54, 1.807) is 11.6 Å². The zero-order chi connectivity index (χ0) is 15.5. The minimum atomic E-state index is -0.490. The molecule has 22 heavy (non-hydrogen) atoms. The number of rotatable bonds is 5. The molecule has 0 bridgehead atoms. The van der Waals surface area contributed by atoms with Crippen LogP contribution in [0.15, 0.2) is 36.5 Å². The van der Waals surface area contributed by atoms with Crippen molar-refractivity contribution >= 4 is 17.7 Å². The third kappa shape index (κ3) is 2.86. The Morgan fingerprint density at radius 1 is 1.32 bits per heavy atom. The fourth-order valence-corrected chi connectivity index (χ4v) is 2.16. The van der Waals surface area contributed by atoms with Crippen molar-refractivity contribution in [2.75, 3.05) is 11.9 Å². The summed E-state index contributed by atoms with van der Waals surface area (Å²) in [5, 5.41) is 7.04. The molecule has 1 saturated carbocycles. The average molecular weight is 299 g/mol. The van der Waals surface area contributed by atoms with Crippen LogP contribution in [0.25, 0.3) is 5.69 Å². The first-order valence-corrected chi connectivity index (χ1v) is 7.32. The van der Waals surface area contributed by atoms with Crippen molar-refractivity contribution in [2.45, 2.75) is 19.8 Å². The third-order valence-electron chi connectivity index (χ3n) is 3.46. The van der Waals surface area contributed by atoms with Crippen molar-refractivity contribution in [3.63, 3.8) is 0 Å². The molecular formula is C16H17N3O3. The van der Waals surface area contributed by atoms with Gasteiger partial charge in [0.15, 0.2) is 5.82 Å². The fourth-order valence-electron chi connectivity index (χ4n) is 2.16. The highest BCUT2D eigenvalue weighted by Gasteiger charge is 2.32. The summed E-state index contributed by atoms with van der Waals surface area (Å²) in [6.07, 6.45) is 3.20. The Morgan fingerprint density at radius 2 is 2.05 bits per heavy atom. The van der Waals surface area contributed by atoms with Crippen molar-refractivity contribution in [3.05, 3.63) is 42.1 Å². The summed E-state index contributed by atoms with van der Waals surface area (Å²) in [5.74, 6) is -0.172. The molecule has 6 nitrogen and oxygen atoms in total. The smallest absolute Gasteiger partial charge is 0.343 e. The molecule has 1 aromatic heterocycles. The topological polar surface area (TPSA) is 73.2 Å². The quantitative estimate of drug-likeness (QED) is 0.860. The Labute approximate surface area is 128 Å². The maximum atomic E-state index is 12.1. The molecule has 1 N–H and O–H groups in total. The number of hydrogen-bond donors (Lipinski definition) is 1. The molecule has 0 aliphatic heterocycles. The Kier molecular flexibility index (Phi) is 3.91. The molecule has 1 heterocycles. The van der Waals surface area contributed by atoms with Gasteiger partial charge in [0.1, 0.15) is 5.56 Å². The van der Waals surface area contributed by atoms with E-state index >= 15 is 0 Å². The fraction of sp³-hybridized carbons (Fsp3) is 0.312.